The monoisotopic (exact) mass is 956 g/mol. The topological polar surface area (TPSA) is 242 Å². The first-order valence-electron chi connectivity index (χ1n) is 19.4. The number of nitrogens with zero attached hydrogens (tertiary/aromatic N) is 7. The van der Waals surface area contributed by atoms with Crippen molar-refractivity contribution in [2.24, 2.45) is 0 Å². The number of aromatic amines is 1. The average Bonchev–Trinajstić information content (AvgIpc) is 3.90. The number of benzene rings is 4. The largest absolute Gasteiger partial charge is 0.421 e. The number of hydrogen-bond donors (Lipinski definition) is 8. The Hall–Kier alpha value is -6.72. The maximum absolute atomic E-state index is 14.1. The molecule has 4 heterocycles. The van der Waals surface area contributed by atoms with Gasteiger partial charge in [0.05, 0.1) is 33.7 Å². The summed E-state index contributed by atoms with van der Waals surface area (Å²) >= 11 is 12.7. The van der Waals surface area contributed by atoms with E-state index in [4.69, 9.17) is 42.9 Å². The Morgan fingerprint density at radius 3 is 1.64 bits per heavy atom. The highest BCUT2D eigenvalue weighted by Gasteiger charge is 2.24. The number of aliphatic hydroxyl groups excluding tert-OH is 5. The van der Waals surface area contributed by atoms with Crippen LogP contribution in [0.3, 0.4) is 0 Å². The molecule has 0 saturated carbocycles. The van der Waals surface area contributed by atoms with E-state index in [1.807, 2.05) is 12.1 Å². The second-order valence-electron chi connectivity index (χ2n) is 13.5. The Kier molecular flexibility index (Phi) is 17.9. The van der Waals surface area contributed by atoms with Gasteiger partial charge in [0, 0.05) is 55.6 Å². The van der Waals surface area contributed by atoms with Crippen LogP contribution in [0.4, 0.5) is 29.2 Å². The fourth-order valence-corrected chi connectivity index (χ4v) is 6.36. The fourth-order valence-electron chi connectivity index (χ4n) is 5.90. The van der Waals surface area contributed by atoms with Crippen molar-refractivity contribution in [2.75, 3.05) is 37.9 Å². The number of aromatic nitrogens is 8. The van der Waals surface area contributed by atoms with Crippen molar-refractivity contribution in [3.05, 3.63) is 118 Å². The van der Waals surface area contributed by atoms with E-state index in [9.17, 15) is 32.9 Å². The predicted molar refractivity (Wildman–Crippen MR) is 240 cm³/mol. The molecule has 2 atom stereocenters. The lowest BCUT2D eigenvalue weighted by Crippen LogP contribution is -2.16. The van der Waals surface area contributed by atoms with Crippen LogP contribution >= 0.6 is 23.2 Å². The van der Waals surface area contributed by atoms with Gasteiger partial charge in [0.15, 0.2) is 34.4 Å². The van der Waals surface area contributed by atoms with Crippen molar-refractivity contribution >= 4 is 56.9 Å². The van der Waals surface area contributed by atoms with E-state index in [1.165, 1.54) is 4.68 Å². The van der Waals surface area contributed by atoms with Crippen LogP contribution in [-0.4, -0.2) is 105 Å². The molecule has 8 N–H and O–H groups in total. The molecule has 0 radical (unpaired) electrons. The minimum atomic E-state index is -0.931. The van der Waals surface area contributed by atoms with Gasteiger partial charge in [0.25, 0.3) is 0 Å². The molecule has 4 aromatic carbocycles. The van der Waals surface area contributed by atoms with E-state index in [0.29, 0.717) is 61.3 Å². The highest BCUT2D eigenvalue weighted by Crippen LogP contribution is 2.38. The molecule has 0 saturated heterocycles. The number of H-pyrrole nitrogens is 1. The molecule has 348 valence electrons. The minimum absolute atomic E-state index is 0.128. The Morgan fingerprint density at radius 1 is 0.667 bits per heavy atom. The molecule has 8 aromatic rings. The van der Waals surface area contributed by atoms with Crippen LogP contribution in [0.15, 0.2) is 84.9 Å². The number of nitrogens with one attached hydrogen (secondary N) is 3. The number of aliphatic hydroxyl groups is 5. The Morgan fingerprint density at radius 2 is 1.15 bits per heavy atom. The standard InChI is InChI=1S/C21H18ClF2N5O3.C20H16ClF2N5O2.2CH4O/c1-11(31)9-25-19-17-18(13-4-2-3-5-14(13)22)28-29(10-30)20(17)27-21(26-19)32-16-7-6-12(23)8-15(16)24;1-10(29)9-24-18-16-17(12-4-2-3-5-13(12)21)27-28-19(16)26-20(25-18)30-15-7-6-11(22)8-14(15)23;2*1-2/h2-8,11,30-31H,9-10H2,1H3,(H,25,26,27);2-8,10,29H,9H2,1H3,(H2,24,25,26,27,28);2*2H,1H3/t11-;10-;;/m00../s1. The highest BCUT2D eigenvalue weighted by atomic mass is 35.5. The van der Waals surface area contributed by atoms with Gasteiger partial charge < -0.3 is 45.6 Å². The van der Waals surface area contributed by atoms with E-state index < -0.39 is 42.2 Å². The van der Waals surface area contributed by atoms with Gasteiger partial charge in [0.1, 0.15) is 35.7 Å². The molecule has 0 aliphatic carbocycles. The summed E-state index contributed by atoms with van der Waals surface area (Å²) in [6.45, 7) is 2.99. The molecule has 0 bridgehead atoms. The molecule has 0 aliphatic rings. The SMILES string of the molecule is CO.CO.C[C@H](O)CNc1nc(Oc2ccc(F)cc2F)nc2c1c(-c1ccccc1Cl)nn2CO.C[C@H](O)CNc1nc(Oc2ccc(F)cc2F)nc2n[nH]c(-c3ccccc3Cl)c12. The lowest BCUT2D eigenvalue weighted by atomic mass is 10.1. The van der Waals surface area contributed by atoms with Crippen molar-refractivity contribution in [3.63, 3.8) is 0 Å². The molecule has 0 spiro atoms. The summed E-state index contributed by atoms with van der Waals surface area (Å²) in [6.07, 6.45) is -1.37. The van der Waals surface area contributed by atoms with Crippen LogP contribution in [0.5, 0.6) is 23.5 Å². The number of hydrogen-bond acceptors (Lipinski definition) is 15. The van der Waals surface area contributed by atoms with Crippen LogP contribution in [-0.2, 0) is 6.73 Å². The Labute approximate surface area is 383 Å². The molecular formula is C43H42Cl2F4N10O7. The first-order chi connectivity index (χ1) is 31.8. The molecule has 0 aliphatic heterocycles. The molecule has 0 fully saturated rings. The van der Waals surface area contributed by atoms with Gasteiger partial charge in [-0.15, -0.1) is 0 Å². The van der Waals surface area contributed by atoms with Crippen LogP contribution in [0, 0.1) is 23.3 Å². The molecule has 66 heavy (non-hydrogen) atoms. The molecular weight excluding hydrogens is 915 g/mol. The zero-order valence-corrected chi connectivity index (χ0v) is 36.8. The lowest BCUT2D eigenvalue weighted by molar-refractivity contribution is 0.200. The van der Waals surface area contributed by atoms with Gasteiger partial charge in [-0.25, -0.2) is 22.2 Å². The fraction of sp³-hybridized carbons (Fsp3) is 0.209. The smallest absolute Gasteiger partial charge is 0.326 e. The van der Waals surface area contributed by atoms with Crippen molar-refractivity contribution in [1.82, 2.24) is 39.9 Å². The maximum Gasteiger partial charge on any atom is 0.326 e. The molecule has 4 aromatic heterocycles. The third-order valence-corrected chi connectivity index (χ3v) is 9.35. The summed E-state index contributed by atoms with van der Waals surface area (Å²) in [5.41, 5.74) is 2.65. The predicted octanol–water partition coefficient (Wildman–Crippen LogP) is 7.71. The third-order valence-electron chi connectivity index (χ3n) is 8.69. The zero-order valence-electron chi connectivity index (χ0n) is 35.3. The highest BCUT2D eigenvalue weighted by molar-refractivity contribution is 6.34. The molecule has 0 amide bonds. The van der Waals surface area contributed by atoms with Crippen LogP contribution < -0.4 is 20.1 Å². The normalized spacial score (nSPS) is 11.6. The van der Waals surface area contributed by atoms with E-state index in [2.05, 4.69) is 45.9 Å². The summed E-state index contributed by atoms with van der Waals surface area (Å²) < 4.78 is 66.5. The molecule has 23 heteroatoms. The Bertz CT molecular complexity index is 2890. The van der Waals surface area contributed by atoms with E-state index in [0.717, 1.165) is 38.5 Å². The molecule has 8 rings (SSSR count). The lowest BCUT2D eigenvalue weighted by Gasteiger charge is -2.12. The first-order valence-corrected chi connectivity index (χ1v) is 20.2. The van der Waals surface area contributed by atoms with Gasteiger partial charge in [0.2, 0.25) is 0 Å². The number of anilines is 2. The van der Waals surface area contributed by atoms with Gasteiger partial charge in [-0.1, -0.05) is 59.6 Å². The van der Waals surface area contributed by atoms with Crippen LogP contribution in [0.1, 0.15) is 13.8 Å². The Balaban J connectivity index is 0.000000231. The van der Waals surface area contributed by atoms with E-state index in [-0.39, 0.29) is 53.7 Å². The second-order valence-corrected chi connectivity index (χ2v) is 14.3. The van der Waals surface area contributed by atoms with E-state index >= 15 is 0 Å². The van der Waals surface area contributed by atoms with Gasteiger partial charge in [-0.05, 0) is 50.2 Å². The van der Waals surface area contributed by atoms with Gasteiger partial charge in [-0.3, -0.25) is 5.10 Å². The van der Waals surface area contributed by atoms with Crippen molar-refractivity contribution in [3.8, 4) is 46.0 Å². The first kappa shape index (κ1) is 50.3. The third kappa shape index (κ3) is 12.1. The van der Waals surface area contributed by atoms with Crippen LogP contribution in [0.25, 0.3) is 44.6 Å². The number of ether oxygens (including phenoxy) is 2. The summed E-state index contributed by atoms with van der Waals surface area (Å²) in [5, 5.41) is 62.6. The maximum atomic E-state index is 14.1. The van der Waals surface area contributed by atoms with Crippen molar-refractivity contribution in [1.29, 1.82) is 0 Å². The van der Waals surface area contributed by atoms with Crippen molar-refractivity contribution < 1.29 is 52.6 Å². The van der Waals surface area contributed by atoms with Crippen molar-refractivity contribution in [2.45, 2.75) is 32.8 Å². The number of fused-ring (bicyclic) bond motifs is 2. The molecule has 0 unspecified atom stereocenters. The summed E-state index contributed by atoms with van der Waals surface area (Å²) in [5.74, 6) is -3.30. The average molecular weight is 958 g/mol. The second kappa shape index (κ2) is 23.5. The summed E-state index contributed by atoms with van der Waals surface area (Å²) in [6, 6.07) is 19.4. The minimum Gasteiger partial charge on any atom is -0.421 e. The summed E-state index contributed by atoms with van der Waals surface area (Å²) in [4.78, 5) is 17.1. The van der Waals surface area contributed by atoms with Gasteiger partial charge >= 0.3 is 12.0 Å². The number of halogens is 6. The molecule has 17 nitrogen and oxygen atoms in total. The zero-order chi connectivity index (χ0) is 48.1. The summed E-state index contributed by atoms with van der Waals surface area (Å²) in [7, 11) is 2.00. The van der Waals surface area contributed by atoms with Gasteiger partial charge in [-0.2, -0.15) is 30.1 Å². The quantitative estimate of drug-likeness (QED) is 0.0516. The van der Waals surface area contributed by atoms with E-state index in [1.54, 1.807) is 50.2 Å². The van der Waals surface area contributed by atoms with Crippen LogP contribution in [0.2, 0.25) is 10.0 Å². The number of rotatable bonds is 13.